The summed E-state index contributed by atoms with van der Waals surface area (Å²) >= 11 is 0. The highest BCUT2D eigenvalue weighted by Gasteiger charge is 2.51. The van der Waals surface area contributed by atoms with Gasteiger partial charge in [-0.3, -0.25) is 24.0 Å². The van der Waals surface area contributed by atoms with Crippen LogP contribution in [0.4, 0.5) is 8.78 Å². The van der Waals surface area contributed by atoms with Gasteiger partial charge < -0.3 is 26.0 Å². The van der Waals surface area contributed by atoms with Gasteiger partial charge in [-0.2, -0.15) is 8.78 Å². The van der Waals surface area contributed by atoms with E-state index >= 15 is 0 Å². The number of alkyl halides is 2. The van der Waals surface area contributed by atoms with Gasteiger partial charge in [0.25, 0.3) is 11.8 Å². The Morgan fingerprint density at radius 1 is 0.932 bits per heavy atom. The van der Waals surface area contributed by atoms with Gasteiger partial charge in [0.1, 0.15) is 6.04 Å². The van der Waals surface area contributed by atoms with Crippen molar-refractivity contribution in [1.29, 1.82) is 0 Å². The molecule has 1 aliphatic rings. The Morgan fingerprint density at radius 2 is 1.57 bits per heavy atom. The van der Waals surface area contributed by atoms with E-state index in [-0.39, 0.29) is 50.0 Å². The van der Waals surface area contributed by atoms with Crippen molar-refractivity contribution in [3.8, 4) is 0 Å². The summed E-state index contributed by atoms with van der Waals surface area (Å²) in [6.07, 6.45) is 0.842. The lowest BCUT2D eigenvalue weighted by Gasteiger charge is -2.29. The monoisotopic (exact) mass is 614 g/mol. The van der Waals surface area contributed by atoms with Gasteiger partial charge in [0.15, 0.2) is 0 Å². The second-order valence-electron chi connectivity index (χ2n) is 10.8. The van der Waals surface area contributed by atoms with Crippen molar-refractivity contribution >= 4 is 35.4 Å². The van der Waals surface area contributed by atoms with Crippen LogP contribution in [0.3, 0.4) is 0 Å². The Bertz CT molecular complexity index is 1370. The average Bonchev–Trinajstić information content (AvgIpc) is 3.50. The lowest BCUT2D eigenvalue weighted by Crippen LogP contribution is -2.58. The zero-order chi connectivity index (χ0) is 32.4. The number of likely N-dealkylation sites (tertiary alicyclic amines) is 1. The Morgan fingerprint density at radius 3 is 2.18 bits per heavy atom. The highest BCUT2D eigenvalue weighted by Crippen LogP contribution is 2.23. The molecule has 0 bridgehead atoms. The predicted molar refractivity (Wildman–Crippen MR) is 155 cm³/mol. The summed E-state index contributed by atoms with van der Waals surface area (Å²) in [7, 11) is 0. The minimum Gasteiger partial charge on any atom is -0.478 e. The largest absolute Gasteiger partial charge is 0.478 e. The van der Waals surface area contributed by atoms with Gasteiger partial charge in [0.2, 0.25) is 17.6 Å². The maximum atomic E-state index is 14.9. The number of hydrogen-bond acceptors (Lipinski definition) is 6. The molecule has 4 N–H and O–H groups in total. The third-order valence-corrected chi connectivity index (χ3v) is 7.28. The molecule has 1 aliphatic heterocycles. The van der Waals surface area contributed by atoms with Crippen LogP contribution in [0.1, 0.15) is 59.4 Å². The van der Waals surface area contributed by atoms with Gasteiger partial charge in [0.05, 0.1) is 11.6 Å². The van der Waals surface area contributed by atoms with Crippen LogP contribution in [0.5, 0.6) is 0 Å². The number of carbonyl (C=O) groups excluding carboxylic acids is 5. The van der Waals surface area contributed by atoms with Crippen LogP contribution in [-0.2, 0) is 25.6 Å². The second-order valence-corrected chi connectivity index (χ2v) is 10.8. The first-order valence-electron chi connectivity index (χ1n) is 14.3. The summed E-state index contributed by atoms with van der Waals surface area (Å²) in [5.74, 6) is -11.6. The fourth-order valence-electron chi connectivity index (χ4n) is 4.80. The molecule has 11 nitrogen and oxygen atoms in total. The summed E-state index contributed by atoms with van der Waals surface area (Å²) in [6.45, 7) is 2.97. The zero-order valence-electron chi connectivity index (χ0n) is 24.5. The van der Waals surface area contributed by atoms with E-state index in [0.29, 0.717) is 6.42 Å². The van der Waals surface area contributed by atoms with Crippen molar-refractivity contribution in [1.82, 2.24) is 20.9 Å². The van der Waals surface area contributed by atoms with Crippen molar-refractivity contribution in [2.75, 3.05) is 19.6 Å². The number of nitrogens with one attached hydrogen (secondary N) is 3. The number of carbonyl (C=O) groups is 6. The van der Waals surface area contributed by atoms with E-state index < -0.39 is 59.3 Å². The van der Waals surface area contributed by atoms with Crippen LogP contribution < -0.4 is 16.0 Å². The zero-order valence-corrected chi connectivity index (χ0v) is 24.5. The normalized spacial score (nSPS) is 15.4. The van der Waals surface area contributed by atoms with Gasteiger partial charge >= 0.3 is 11.9 Å². The maximum absolute atomic E-state index is 14.9. The van der Waals surface area contributed by atoms with E-state index in [1.807, 2.05) is 0 Å². The Hall–Kier alpha value is -4.68. The molecule has 2 aromatic rings. The molecule has 4 amide bonds. The quantitative estimate of drug-likeness (QED) is 0.237. The molecule has 0 aromatic heterocycles. The first kappa shape index (κ1) is 33.8. The molecule has 1 heterocycles. The molecule has 2 atom stereocenters. The smallest absolute Gasteiger partial charge is 0.383 e. The number of aromatic carboxylic acids is 1. The van der Waals surface area contributed by atoms with Crippen molar-refractivity contribution in [2.45, 2.75) is 57.5 Å². The Kier molecular flexibility index (Phi) is 11.7. The third kappa shape index (κ3) is 8.68. The van der Waals surface area contributed by atoms with Gasteiger partial charge in [-0.25, -0.2) is 4.79 Å². The fourth-order valence-corrected chi connectivity index (χ4v) is 4.80. The molecule has 236 valence electrons. The third-order valence-electron chi connectivity index (χ3n) is 7.28. The summed E-state index contributed by atoms with van der Waals surface area (Å²) in [6, 6.07) is 11.4. The molecule has 0 saturated carbocycles. The maximum Gasteiger partial charge on any atom is 0.383 e. The van der Waals surface area contributed by atoms with Crippen LogP contribution in [0.25, 0.3) is 0 Å². The molecular weight excluding hydrogens is 578 g/mol. The lowest BCUT2D eigenvalue weighted by atomic mass is 9.94. The van der Waals surface area contributed by atoms with Crippen LogP contribution >= 0.6 is 0 Å². The molecule has 2 aromatic carbocycles. The predicted octanol–water partition coefficient (Wildman–Crippen LogP) is 2.20. The molecule has 0 radical (unpaired) electrons. The standard InChI is InChI=1S/C31H36F2N4O7/c1-19(2)25(26(39)31(32,33)30(44)35-16-14-20-7-4-3-5-8-20)36-28(41)23-9-6-18-37(23)24(38)15-17-34-27(40)21-10-12-22(13-11-21)29(42)43/h3-5,7-8,10-13,19,23,25H,6,9,14-18H2,1-2H3,(H,34,40)(H,35,44)(H,36,41)(H,42,43)/t23-,25?/m0/s1. The second kappa shape index (κ2) is 15.2. The van der Waals surface area contributed by atoms with Crippen LogP contribution in [0.2, 0.25) is 0 Å². The average molecular weight is 615 g/mol. The SMILES string of the molecule is CC(C)C(NC(=O)[C@@H]1CCCN1C(=O)CCNC(=O)c1ccc(C(=O)O)cc1)C(=O)C(F)(F)C(=O)NCCc1ccccc1. The summed E-state index contributed by atoms with van der Waals surface area (Å²) in [5, 5.41) is 16.0. The first-order valence-corrected chi connectivity index (χ1v) is 14.3. The number of hydrogen-bond donors (Lipinski definition) is 4. The van der Waals surface area contributed by atoms with E-state index in [0.717, 1.165) is 5.56 Å². The molecule has 44 heavy (non-hydrogen) atoms. The van der Waals surface area contributed by atoms with Crippen LogP contribution in [-0.4, -0.2) is 83.0 Å². The van der Waals surface area contributed by atoms with E-state index in [4.69, 9.17) is 5.11 Å². The van der Waals surface area contributed by atoms with Gasteiger partial charge in [0, 0.05) is 31.6 Å². The highest BCUT2D eigenvalue weighted by atomic mass is 19.3. The molecule has 1 fully saturated rings. The number of halogens is 2. The summed E-state index contributed by atoms with van der Waals surface area (Å²) in [5.41, 5.74) is 1.04. The molecular formula is C31H36F2N4O7. The van der Waals surface area contributed by atoms with Crippen molar-refractivity contribution in [3.63, 3.8) is 0 Å². The molecule has 1 saturated heterocycles. The lowest BCUT2D eigenvalue weighted by molar-refractivity contribution is -0.161. The summed E-state index contributed by atoms with van der Waals surface area (Å²) < 4.78 is 29.8. The minimum atomic E-state index is -4.39. The van der Waals surface area contributed by atoms with E-state index in [1.54, 1.807) is 30.3 Å². The number of carboxylic acids is 1. The summed E-state index contributed by atoms with van der Waals surface area (Å²) in [4.78, 5) is 75.7. The van der Waals surface area contributed by atoms with Crippen molar-refractivity contribution < 1.29 is 42.7 Å². The van der Waals surface area contributed by atoms with Gasteiger partial charge in [-0.1, -0.05) is 44.2 Å². The Balaban J connectivity index is 1.54. The number of Topliss-reactive ketones (excluding diaryl/α,β-unsaturated/α-hetero) is 1. The number of carboxylic acid groups (broad SMARTS) is 1. The molecule has 0 aliphatic carbocycles. The number of rotatable bonds is 14. The van der Waals surface area contributed by atoms with Crippen molar-refractivity contribution in [3.05, 3.63) is 71.3 Å². The fraction of sp³-hybridized carbons (Fsp3) is 0.419. The number of nitrogens with zero attached hydrogens (tertiary/aromatic N) is 1. The first-order chi connectivity index (χ1) is 20.8. The van der Waals surface area contributed by atoms with E-state index in [1.165, 1.54) is 43.0 Å². The van der Waals surface area contributed by atoms with Crippen LogP contribution in [0.15, 0.2) is 54.6 Å². The topological polar surface area (TPSA) is 162 Å². The van der Waals surface area contributed by atoms with Crippen molar-refractivity contribution in [2.24, 2.45) is 5.92 Å². The number of ketones is 1. The number of amides is 4. The Labute approximate surface area is 253 Å². The number of benzene rings is 2. The van der Waals surface area contributed by atoms with Crippen LogP contribution in [0, 0.1) is 5.92 Å². The molecule has 3 rings (SSSR count). The van der Waals surface area contributed by atoms with Gasteiger partial charge in [-0.15, -0.1) is 0 Å². The van der Waals surface area contributed by atoms with E-state index in [2.05, 4.69) is 16.0 Å². The minimum absolute atomic E-state index is 0.0160. The van der Waals surface area contributed by atoms with Gasteiger partial charge in [-0.05, 0) is 55.0 Å². The molecule has 1 unspecified atom stereocenters. The highest BCUT2D eigenvalue weighted by molar-refractivity contribution is 6.10. The molecule has 0 spiro atoms. The molecule has 13 heteroatoms. The van der Waals surface area contributed by atoms with E-state index in [9.17, 15) is 37.5 Å².